The monoisotopic (exact) mass is 400 g/mol. The third kappa shape index (κ3) is 35.5. The van der Waals surface area contributed by atoms with E-state index in [0.717, 1.165) is 0 Å². The first-order valence-corrected chi connectivity index (χ1v) is 11.6. The molecule has 0 spiro atoms. The van der Waals surface area contributed by atoms with E-state index in [1.807, 2.05) is 0 Å². The van der Waals surface area contributed by atoms with Crippen LogP contribution in [0.3, 0.4) is 0 Å². The summed E-state index contributed by atoms with van der Waals surface area (Å²) in [7, 11) is 1.26. The summed E-state index contributed by atoms with van der Waals surface area (Å²) >= 11 is 0. The molecule has 152 valence electrons. The Labute approximate surface area is 185 Å². The first-order chi connectivity index (χ1) is 12.0. The van der Waals surface area contributed by atoms with Crippen molar-refractivity contribution in [3.05, 3.63) is 0 Å². The van der Waals surface area contributed by atoms with Gasteiger partial charge in [-0.2, -0.15) is 0 Å². The summed E-state index contributed by atoms with van der Waals surface area (Å²) in [5, 5.41) is 15.8. The van der Waals surface area contributed by atoms with E-state index in [0.29, 0.717) is 0 Å². The molecule has 0 atom stereocenters. The zero-order valence-corrected chi connectivity index (χ0v) is 17.5. The van der Waals surface area contributed by atoms with Gasteiger partial charge in [0.25, 0.3) is 0 Å². The van der Waals surface area contributed by atoms with Crippen LogP contribution < -0.4 is 0 Å². The average molecular weight is 401 g/mol. The van der Waals surface area contributed by atoms with Crippen LogP contribution in [0.1, 0.15) is 104 Å². The second-order valence-electron chi connectivity index (χ2n) is 6.57. The van der Waals surface area contributed by atoms with Crippen molar-refractivity contribution in [2.75, 3.05) is 12.3 Å². The van der Waals surface area contributed by atoms with Gasteiger partial charge >= 0.3 is 41.5 Å². The van der Waals surface area contributed by atoms with Crippen molar-refractivity contribution in [1.82, 2.24) is 0 Å². The molecule has 0 rings (SSSR count). The van der Waals surface area contributed by atoms with Crippen molar-refractivity contribution in [2.24, 2.45) is 0 Å². The van der Waals surface area contributed by atoms with E-state index < -0.39 is 11.9 Å². The molecule has 0 aliphatic carbocycles. The van der Waals surface area contributed by atoms with E-state index in [1.54, 1.807) is 0 Å². The van der Waals surface area contributed by atoms with Crippen molar-refractivity contribution in [2.45, 2.75) is 104 Å². The van der Waals surface area contributed by atoms with Gasteiger partial charge in [0.15, 0.2) is 0 Å². The molecule has 0 saturated carbocycles. The summed E-state index contributed by atoms with van der Waals surface area (Å²) < 4.78 is 0. The molecule has 0 aromatic rings. The van der Waals surface area contributed by atoms with Crippen LogP contribution in [0.5, 0.6) is 0 Å². The van der Waals surface area contributed by atoms with Crippen molar-refractivity contribution < 1.29 is 19.8 Å². The molecule has 0 radical (unpaired) electrons. The first kappa shape index (κ1) is 31.1. The maximum atomic E-state index is 9.64. The number of carboxylic acid groups (broad SMARTS) is 2. The van der Waals surface area contributed by atoms with Gasteiger partial charge in [-0.15, -0.1) is 8.58 Å². The number of hydrogen-bond donors (Lipinski definition) is 2. The second kappa shape index (κ2) is 27.6. The molecule has 2 N–H and O–H groups in total. The van der Waals surface area contributed by atoms with Gasteiger partial charge in [0.2, 0.25) is 0 Å². The molecular formula is C20H42NaO4P. The Hall–Kier alpha value is 0.370. The van der Waals surface area contributed by atoms with Gasteiger partial charge in [-0.25, -0.2) is 0 Å². The third-order valence-corrected chi connectivity index (χ3v) is 5.38. The fourth-order valence-corrected chi connectivity index (χ4v) is 3.65. The normalized spacial score (nSPS) is 9.77. The molecule has 0 saturated heterocycles. The van der Waals surface area contributed by atoms with Gasteiger partial charge in [-0.1, -0.05) is 78.1 Å². The number of rotatable bonds is 17. The van der Waals surface area contributed by atoms with E-state index >= 15 is 0 Å². The van der Waals surface area contributed by atoms with Crippen molar-refractivity contribution in [3.8, 4) is 0 Å². The summed E-state index contributed by atoms with van der Waals surface area (Å²) in [5.74, 6) is -2.15. The van der Waals surface area contributed by atoms with Crippen LogP contribution in [0.2, 0.25) is 0 Å². The van der Waals surface area contributed by atoms with E-state index in [4.69, 9.17) is 10.2 Å². The van der Waals surface area contributed by atoms with Crippen LogP contribution in [0.4, 0.5) is 0 Å². The second-order valence-corrected chi connectivity index (χ2v) is 8.07. The van der Waals surface area contributed by atoms with Gasteiger partial charge in [0.1, 0.15) is 0 Å². The van der Waals surface area contributed by atoms with E-state index in [2.05, 4.69) is 13.8 Å². The molecule has 0 amide bonds. The van der Waals surface area contributed by atoms with Crippen LogP contribution in [0, 0.1) is 0 Å². The van der Waals surface area contributed by atoms with Crippen LogP contribution in [0.25, 0.3) is 0 Å². The quantitative estimate of drug-likeness (QED) is 0.187. The molecule has 0 aliphatic heterocycles. The van der Waals surface area contributed by atoms with Crippen LogP contribution in [0.15, 0.2) is 0 Å². The fraction of sp³-hybridized carbons (Fsp3) is 0.900. The zero-order valence-electron chi connectivity index (χ0n) is 16.5. The SMILES string of the molecule is CCCCCCCCPCCCCCCCC.O=C(O)CCC(=O)O.[NaH]. The summed E-state index contributed by atoms with van der Waals surface area (Å²) in [6, 6.07) is 0. The Balaban J connectivity index is -0.000000498. The number of carbonyl (C=O) groups is 2. The Morgan fingerprint density at radius 2 is 0.923 bits per heavy atom. The molecule has 0 heterocycles. The fourth-order valence-electron chi connectivity index (χ4n) is 2.40. The Bertz CT molecular complexity index is 274. The molecule has 6 heteroatoms. The van der Waals surface area contributed by atoms with Crippen LogP contribution >= 0.6 is 8.58 Å². The Morgan fingerprint density at radius 1 is 0.615 bits per heavy atom. The Kier molecular flexibility index (Phi) is 33.0. The molecule has 0 unspecified atom stereocenters. The topological polar surface area (TPSA) is 74.6 Å². The number of hydrogen-bond acceptors (Lipinski definition) is 2. The first-order valence-electron chi connectivity index (χ1n) is 10.2. The molecule has 4 nitrogen and oxygen atoms in total. The summed E-state index contributed by atoms with van der Waals surface area (Å²) in [6.45, 7) is 4.59. The Morgan fingerprint density at radius 3 is 1.23 bits per heavy atom. The predicted octanol–water partition coefficient (Wildman–Crippen LogP) is 5.67. The summed E-state index contributed by atoms with van der Waals surface area (Å²) in [5.41, 5.74) is 0. The van der Waals surface area contributed by atoms with Gasteiger partial charge in [0, 0.05) is 0 Å². The molecule has 0 aliphatic rings. The van der Waals surface area contributed by atoms with E-state index in [-0.39, 0.29) is 42.4 Å². The molecule has 0 fully saturated rings. The summed E-state index contributed by atoms with van der Waals surface area (Å²) in [6.07, 6.45) is 20.0. The van der Waals surface area contributed by atoms with Crippen LogP contribution in [-0.2, 0) is 9.59 Å². The zero-order chi connectivity index (χ0) is 19.2. The van der Waals surface area contributed by atoms with Crippen molar-refractivity contribution in [3.63, 3.8) is 0 Å². The predicted molar refractivity (Wildman–Crippen MR) is 116 cm³/mol. The van der Waals surface area contributed by atoms with E-state index in [9.17, 15) is 9.59 Å². The number of aliphatic carboxylic acids is 2. The molecular weight excluding hydrogens is 358 g/mol. The van der Waals surface area contributed by atoms with Crippen molar-refractivity contribution >= 4 is 50.1 Å². The number of carboxylic acids is 2. The van der Waals surface area contributed by atoms with Crippen LogP contribution in [-0.4, -0.2) is 64.0 Å². The van der Waals surface area contributed by atoms with Gasteiger partial charge in [0.05, 0.1) is 12.8 Å². The summed E-state index contributed by atoms with van der Waals surface area (Å²) in [4.78, 5) is 19.3. The maximum absolute atomic E-state index is 9.64. The minimum absolute atomic E-state index is 0. The molecule has 0 bridgehead atoms. The molecule has 0 aromatic heterocycles. The minimum atomic E-state index is -1.08. The van der Waals surface area contributed by atoms with Gasteiger partial charge in [-0.05, 0) is 25.2 Å². The molecule has 0 aromatic carbocycles. The third-order valence-electron chi connectivity index (χ3n) is 3.97. The van der Waals surface area contributed by atoms with Gasteiger partial charge in [-0.3, -0.25) is 9.59 Å². The standard InChI is InChI=1S/C16H35P.C4H6O4.Na.H/c1-3-5-7-9-11-13-15-17-16-14-12-10-8-6-4-2;5-3(6)1-2-4(7)8;;/h17H,3-16H2,1-2H3;1-2H2,(H,5,6)(H,7,8);;. The number of unbranched alkanes of at least 4 members (excludes halogenated alkanes) is 10. The van der Waals surface area contributed by atoms with Crippen molar-refractivity contribution in [1.29, 1.82) is 0 Å². The van der Waals surface area contributed by atoms with Gasteiger partial charge < -0.3 is 10.2 Å². The molecule has 26 heavy (non-hydrogen) atoms. The average Bonchev–Trinajstić information content (AvgIpc) is 2.58. The van der Waals surface area contributed by atoms with E-state index in [1.165, 1.54) is 98.0 Å².